The van der Waals surface area contributed by atoms with Gasteiger partial charge >= 0.3 is 5.97 Å². The van der Waals surface area contributed by atoms with Crippen LogP contribution >= 0.6 is 23.4 Å². The van der Waals surface area contributed by atoms with E-state index in [1.807, 2.05) is 0 Å². The molecule has 3 rings (SSSR count). The van der Waals surface area contributed by atoms with Crippen molar-refractivity contribution >= 4 is 46.3 Å². The van der Waals surface area contributed by atoms with Gasteiger partial charge in [-0.25, -0.2) is 14.2 Å². The summed E-state index contributed by atoms with van der Waals surface area (Å²) < 4.78 is 23.8. The van der Waals surface area contributed by atoms with Crippen molar-refractivity contribution in [2.45, 2.75) is 19.2 Å². The quantitative estimate of drug-likeness (QED) is 0.546. The van der Waals surface area contributed by atoms with Crippen LogP contribution in [0.3, 0.4) is 0 Å². The molecule has 0 spiro atoms. The van der Waals surface area contributed by atoms with Crippen LogP contribution in [0.1, 0.15) is 35.1 Å². The number of benzene rings is 2. The van der Waals surface area contributed by atoms with Crippen LogP contribution in [0.25, 0.3) is 0 Å². The number of amides is 2. The van der Waals surface area contributed by atoms with Gasteiger partial charge in [-0.05, 0) is 42.0 Å². The first-order valence-electron chi connectivity index (χ1n) is 8.87. The Morgan fingerprint density at radius 3 is 2.45 bits per heavy atom. The van der Waals surface area contributed by atoms with Crippen LogP contribution in [0.2, 0.25) is 5.02 Å². The smallest absolute Gasteiger partial charge is 0.343 e. The van der Waals surface area contributed by atoms with Gasteiger partial charge in [0, 0.05) is 13.8 Å². The molecule has 0 bridgehead atoms. The second kappa shape index (κ2) is 9.36. The fourth-order valence-electron chi connectivity index (χ4n) is 2.70. The van der Waals surface area contributed by atoms with Gasteiger partial charge in [0.15, 0.2) is 16.7 Å². The first kappa shape index (κ1) is 22.6. The number of amidine groups is 1. The third-order valence-corrected chi connectivity index (χ3v) is 5.44. The minimum atomic E-state index is -0.746. The van der Waals surface area contributed by atoms with E-state index in [4.69, 9.17) is 21.1 Å². The molecule has 2 amide bonds. The van der Waals surface area contributed by atoms with Crippen molar-refractivity contribution < 1.29 is 28.2 Å². The van der Waals surface area contributed by atoms with Crippen molar-refractivity contribution in [1.82, 2.24) is 10.3 Å². The van der Waals surface area contributed by atoms with Gasteiger partial charge in [-0.3, -0.25) is 9.59 Å². The van der Waals surface area contributed by atoms with Crippen LogP contribution in [-0.4, -0.2) is 35.1 Å². The van der Waals surface area contributed by atoms with Crippen molar-refractivity contribution in [2.24, 2.45) is 5.10 Å². The summed E-state index contributed by atoms with van der Waals surface area (Å²) in [5.41, 5.74) is 0.666. The number of esters is 1. The maximum Gasteiger partial charge on any atom is 0.343 e. The van der Waals surface area contributed by atoms with E-state index in [-0.39, 0.29) is 39.1 Å². The number of carbonyl (C=O) groups excluding carboxylic acids is 3. The lowest BCUT2D eigenvalue weighted by Crippen LogP contribution is -2.25. The average molecular weight is 466 g/mol. The van der Waals surface area contributed by atoms with Gasteiger partial charge in [0.2, 0.25) is 11.8 Å². The van der Waals surface area contributed by atoms with E-state index < -0.39 is 17.2 Å². The summed E-state index contributed by atoms with van der Waals surface area (Å²) >= 11 is 7.50. The number of carbonyl (C=O) groups is 3. The molecule has 1 aliphatic heterocycles. The molecule has 2 aromatic rings. The zero-order valence-corrected chi connectivity index (χ0v) is 18.2. The van der Waals surface area contributed by atoms with Crippen LogP contribution in [-0.2, 0) is 9.59 Å². The number of nitrogens with zero attached hydrogens (tertiary/aromatic N) is 2. The fraction of sp³-hybridized carbons (Fsp3) is 0.200. The Labute approximate surface area is 186 Å². The number of ether oxygens (including phenoxy) is 2. The van der Waals surface area contributed by atoms with Gasteiger partial charge in [0.05, 0.1) is 17.7 Å². The molecule has 31 heavy (non-hydrogen) atoms. The van der Waals surface area contributed by atoms with Crippen molar-refractivity contribution in [3.05, 3.63) is 58.4 Å². The molecule has 0 saturated heterocycles. The molecule has 0 radical (unpaired) electrons. The average Bonchev–Trinajstić information content (AvgIpc) is 3.13. The normalized spacial score (nSPS) is 15.3. The van der Waals surface area contributed by atoms with Crippen LogP contribution < -0.4 is 14.8 Å². The summed E-state index contributed by atoms with van der Waals surface area (Å²) in [6, 6.07) is 7.91. The molecule has 0 aromatic heterocycles. The number of hydrogen-bond donors (Lipinski definition) is 1. The van der Waals surface area contributed by atoms with Crippen molar-refractivity contribution in [3.8, 4) is 11.5 Å². The molecule has 1 atom stereocenters. The lowest BCUT2D eigenvalue weighted by Gasteiger charge is -2.21. The van der Waals surface area contributed by atoms with Crippen molar-refractivity contribution in [3.63, 3.8) is 0 Å². The molecular weight excluding hydrogens is 449 g/mol. The molecule has 0 unspecified atom stereocenters. The molecule has 1 heterocycles. The van der Waals surface area contributed by atoms with Gasteiger partial charge in [-0.2, -0.15) is 0 Å². The molecule has 1 aliphatic rings. The molecule has 0 fully saturated rings. The molecular formula is C20H17ClFN3O5S. The monoisotopic (exact) mass is 465 g/mol. The SMILES string of the molecule is COc1cc([C@@H]2SC(NC(C)=O)=NN2C(C)=O)cc(Cl)c1OC(=O)c1ccc(F)cc1. The van der Waals surface area contributed by atoms with Gasteiger partial charge < -0.3 is 14.8 Å². The van der Waals surface area contributed by atoms with E-state index in [2.05, 4.69) is 10.4 Å². The fourth-order valence-corrected chi connectivity index (χ4v) is 4.07. The number of thioether (sulfide) groups is 1. The zero-order chi connectivity index (χ0) is 22.7. The summed E-state index contributed by atoms with van der Waals surface area (Å²) in [7, 11) is 1.37. The lowest BCUT2D eigenvalue weighted by atomic mass is 10.2. The Kier molecular flexibility index (Phi) is 6.81. The summed E-state index contributed by atoms with van der Waals surface area (Å²) in [6.45, 7) is 2.67. The Hall–Kier alpha value is -3.11. The highest BCUT2D eigenvalue weighted by atomic mass is 35.5. The number of hydrazone groups is 1. The van der Waals surface area contributed by atoms with E-state index in [1.54, 1.807) is 6.07 Å². The maximum absolute atomic E-state index is 13.1. The number of halogens is 2. The van der Waals surface area contributed by atoms with E-state index in [0.717, 1.165) is 23.9 Å². The maximum atomic E-state index is 13.1. The predicted molar refractivity (Wildman–Crippen MR) is 113 cm³/mol. The van der Waals surface area contributed by atoms with E-state index in [0.29, 0.717) is 5.56 Å². The second-order valence-corrected chi connectivity index (χ2v) is 7.83. The first-order chi connectivity index (χ1) is 14.7. The van der Waals surface area contributed by atoms with Gasteiger partial charge in [-0.15, -0.1) is 5.10 Å². The van der Waals surface area contributed by atoms with Gasteiger partial charge in [-0.1, -0.05) is 23.4 Å². The number of hydrogen-bond acceptors (Lipinski definition) is 7. The highest BCUT2D eigenvalue weighted by molar-refractivity contribution is 8.14. The molecule has 11 heteroatoms. The topological polar surface area (TPSA) is 97.3 Å². The van der Waals surface area contributed by atoms with Crippen LogP contribution in [0, 0.1) is 5.82 Å². The summed E-state index contributed by atoms with van der Waals surface area (Å²) in [6.07, 6.45) is 0. The largest absolute Gasteiger partial charge is 0.493 e. The minimum Gasteiger partial charge on any atom is -0.493 e. The molecule has 8 nitrogen and oxygen atoms in total. The van der Waals surface area contributed by atoms with Crippen molar-refractivity contribution in [1.29, 1.82) is 0 Å². The predicted octanol–water partition coefficient (Wildman–Crippen LogP) is 3.71. The van der Waals surface area contributed by atoms with E-state index in [1.165, 1.54) is 44.2 Å². The van der Waals surface area contributed by atoms with E-state index in [9.17, 15) is 18.8 Å². The lowest BCUT2D eigenvalue weighted by molar-refractivity contribution is -0.129. The summed E-state index contributed by atoms with van der Waals surface area (Å²) in [5.74, 6) is -1.78. The standard InChI is InChI=1S/C20H17ClFN3O5S/c1-10(26)23-20-24-25(11(2)27)18(31-20)13-8-15(21)17(16(9-13)29-3)30-19(28)12-4-6-14(22)7-5-12/h4-9,18H,1-3H3,(H,23,24,26)/t18-/m0/s1. The summed E-state index contributed by atoms with van der Waals surface area (Å²) in [5, 5.41) is 7.57. The number of methoxy groups -OCH3 is 1. The zero-order valence-electron chi connectivity index (χ0n) is 16.6. The summed E-state index contributed by atoms with van der Waals surface area (Å²) in [4.78, 5) is 35.8. The minimum absolute atomic E-state index is 0.0254. The molecule has 0 aliphatic carbocycles. The molecule has 162 valence electrons. The Morgan fingerprint density at radius 2 is 1.87 bits per heavy atom. The first-order valence-corrected chi connectivity index (χ1v) is 10.1. The molecule has 0 saturated carbocycles. The number of rotatable bonds is 4. The van der Waals surface area contributed by atoms with Crippen LogP contribution in [0.15, 0.2) is 41.5 Å². The van der Waals surface area contributed by atoms with Crippen LogP contribution in [0.5, 0.6) is 11.5 Å². The number of nitrogens with one attached hydrogen (secondary N) is 1. The van der Waals surface area contributed by atoms with E-state index >= 15 is 0 Å². The molecule has 1 N–H and O–H groups in total. The van der Waals surface area contributed by atoms with Gasteiger partial charge in [0.1, 0.15) is 11.2 Å². The third-order valence-electron chi connectivity index (χ3n) is 4.06. The Morgan fingerprint density at radius 1 is 1.19 bits per heavy atom. The van der Waals surface area contributed by atoms with Crippen LogP contribution in [0.4, 0.5) is 4.39 Å². The molecule has 2 aromatic carbocycles. The highest BCUT2D eigenvalue weighted by Gasteiger charge is 2.33. The van der Waals surface area contributed by atoms with Crippen molar-refractivity contribution in [2.75, 3.05) is 7.11 Å². The third kappa shape index (κ3) is 5.15. The second-order valence-electron chi connectivity index (χ2n) is 6.35. The highest BCUT2D eigenvalue weighted by Crippen LogP contribution is 2.44. The Balaban J connectivity index is 1.90. The Bertz CT molecular complexity index is 1080. The van der Waals surface area contributed by atoms with Gasteiger partial charge in [0.25, 0.3) is 0 Å².